The van der Waals surface area contributed by atoms with Crippen LogP contribution < -0.4 is 27.4 Å². The fraction of sp³-hybridized carbons (Fsp3) is 0.600. The molecule has 164 valence electrons. The standard InChI is InChI=1S/C15H25N5O9/c1-6(21)12(20-13(27)7(16)4-9(17)22)15(29)19-8(2-3-10(23)24)14(28)18-5-11(25)26/h6-8,12,21H,2-5,16H2,1H3,(H2,17,22)(H,18,28)(H,19,29)(H,20,27)(H,23,24)(H,25,26). The van der Waals surface area contributed by atoms with E-state index >= 15 is 0 Å². The van der Waals surface area contributed by atoms with E-state index in [0.717, 1.165) is 6.92 Å². The molecule has 0 radical (unpaired) electrons. The van der Waals surface area contributed by atoms with Gasteiger partial charge in [0.25, 0.3) is 0 Å². The first-order valence-electron chi connectivity index (χ1n) is 8.39. The summed E-state index contributed by atoms with van der Waals surface area (Å²) in [6, 6.07) is -4.43. The molecule has 0 aliphatic carbocycles. The zero-order valence-electron chi connectivity index (χ0n) is 15.6. The molecule has 0 saturated heterocycles. The second kappa shape index (κ2) is 12.2. The maximum atomic E-state index is 12.4. The number of amides is 4. The number of nitrogens with one attached hydrogen (secondary N) is 3. The molecule has 0 bridgehead atoms. The monoisotopic (exact) mass is 419 g/mol. The highest BCUT2D eigenvalue weighted by Crippen LogP contribution is 2.02. The molecule has 29 heavy (non-hydrogen) atoms. The highest BCUT2D eigenvalue weighted by molar-refractivity contribution is 5.95. The molecular weight excluding hydrogens is 394 g/mol. The Bertz CT molecular complexity index is 652. The number of carboxylic acid groups (broad SMARTS) is 2. The minimum Gasteiger partial charge on any atom is -0.481 e. The molecule has 0 fully saturated rings. The summed E-state index contributed by atoms with van der Waals surface area (Å²) in [6.07, 6.45) is -2.88. The van der Waals surface area contributed by atoms with Crippen molar-refractivity contribution in [2.75, 3.05) is 6.54 Å². The van der Waals surface area contributed by atoms with Crippen LogP contribution in [0.15, 0.2) is 0 Å². The van der Waals surface area contributed by atoms with E-state index in [1.165, 1.54) is 0 Å². The van der Waals surface area contributed by atoms with Crippen LogP contribution in [0.5, 0.6) is 0 Å². The number of hydrogen-bond donors (Lipinski definition) is 8. The molecule has 0 aliphatic heterocycles. The topological polar surface area (TPSA) is 251 Å². The largest absolute Gasteiger partial charge is 0.481 e. The fourth-order valence-electron chi connectivity index (χ4n) is 2.06. The Kier molecular flexibility index (Phi) is 10.9. The van der Waals surface area contributed by atoms with Crippen molar-refractivity contribution in [1.29, 1.82) is 0 Å². The van der Waals surface area contributed by atoms with Gasteiger partial charge in [-0.2, -0.15) is 0 Å². The molecule has 0 aromatic carbocycles. The maximum absolute atomic E-state index is 12.4. The average Bonchev–Trinajstić information content (AvgIpc) is 2.59. The van der Waals surface area contributed by atoms with Gasteiger partial charge in [-0.3, -0.25) is 28.8 Å². The van der Waals surface area contributed by atoms with Crippen LogP contribution in [0.1, 0.15) is 26.2 Å². The molecule has 10 N–H and O–H groups in total. The number of hydrogen-bond acceptors (Lipinski definition) is 8. The third-order valence-corrected chi connectivity index (χ3v) is 3.51. The molecule has 0 rings (SSSR count). The number of carbonyl (C=O) groups is 6. The Morgan fingerprint density at radius 2 is 1.52 bits per heavy atom. The van der Waals surface area contributed by atoms with Crippen molar-refractivity contribution in [3.05, 3.63) is 0 Å². The Morgan fingerprint density at radius 1 is 0.931 bits per heavy atom. The molecule has 0 spiro atoms. The van der Waals surface area contributed by atoms with Crippen molar-refractivity contribution in [1.82, 2.24) is 16.0 Å². The lowest BCUT2D eigenvalue weighted by molar-refractivity contribution is -0.140. The summed E-state index contributed by atoms with van der Waals surface area (Å²) in [5, 5.41) is 33.4. The number of carboxylic acids is 2. The van der Waals surface area contributed by atoms with Gasteiger partial charge >= 0.3 is 11.9 Å². The zero-order chi connectivity index (χ0) is 22.7. The van der Waals surface area contributed by atoms with Crippen LogP contribution in [0.3, 0.4) is 0 Å². The van der Waals surface area contributed by atoms with Crippen LogP contribution in [0, 0.1) is 0 Å². The van der Waals surface area contributed by atoms with Crippen LogP contribution in [-0.4, -0.2) is 81.7 Å². The van der Waals surface area contributed by atoms with E-state index in [2.05, 4.69) is 10.6 Å². The van der Waals surface area contributed by atoms with Crippen molar-refractivity contribution in [2.24, 2.45) is 11.5 Å². The molecule has 0 heterocycles. The van der Waals surface area contributed by atoms with Gasteiger partial charge in [0.2, 0.25) is 23.6 Å². The molecule has 14 heteroatoms. The first kappa shape index (κ1) is 25.7. The summed E-state index contributed by atoms with van der Waals surface area (Å²) in [7, 11) is 0. The van der Waals surface area contributed by atoms with E-state index in [1.807, 2.05) is 5.32 Å². The van der Waals surface area contributed by atoms with E-state index < -0.39 is 79.2 Å². The van der Waals surface area contributed by atoms with Gasteiger partial charge in [-0.05, 0) is 13.3 Å². The van der Waals surface area contributed by atoms with Gasteiger partial charge in [0.1, 0.15) is 18.6 Å². The Hall–Kier alpha value is -3.26. The lowest BCUT2D eigenvalue weighted by atomic mass is 10.1. The number of aliphatic hydroxyl groups excluding tert-OH is 1. The summed E-state index contributed by atoms with van der Waals surface area (Å²) in [5.41, 5.74) is 10.4. The average molecular weight is 419 g/mol. The van der Waals surface area contributed by atoms with Crippen molar-refractivity contribution in [2.45, 2.75) is 50.4 Å². The van der Waals surface area contributed by atoms with Gasteiger partial charge in [-0.25, -0.2) is 0 Å². The third kappa shape index (κ3) is 10.6. The van der Waals surface area contributed by atoms with E-state index in [-0.39, 0.29) is 6.42 Å². The van der Waals surface area contributed by atoms with Crippen LogP contribution in [0.2, 0.25) is 0 Å². The van der Waals surface area contributed by atoms with E-state index in [9.17, 15) is 33.9 Å². The highest BCUT2D eigenvalue weighted by atomic mass is 16.4. The van der Waals surface area contributed by atoms with Crippen molar-refractivity contribution >= 4 is 35.6 Å². The van der Waals surface area contributed by atoms with Gasteiger partial charge in [0, 0.05) is 6.42 Å². The van der Waals surface area contributed by atoms with Gasteiger partial charge in [0.05, 0.1) is 18.6 Å². The molecule has 4 unspecified atom stereocenters. The smallest absolute Gasteiger partial charge is 0.322 e. The lowest BCUT2D eigenvalue weighted by Crippen LogP contribution is -2.59. The normalized spacial score (nSPS) is 14.6. The summed E-state index contributed by atoms with van der Waals surface area (Å²) in [4.78, 5) is 68.5. The molecule has 4 amide bonds. The van der Waals surface area contributed by atoms with Gasteiger partial charge in [0.15, 0.2) is 0 Å². The maximum Gasteiger partial charge on any atom is 0.322 e. The molecule has 14 nitrogen and oxygen atoms in total. The fourth-order valence-corrected chi connectivity index (χ4v) is 2.06. The molecule has 0 aromatic heterocycles. The summed E-state index contributed by atoms with van der Waals surface area (Å²) < 4.78 is 0. The quantitative estimate of drug-likeness (QED) is 0.142. The van der Waals surface area contributed by atoms with E-state index in [0.29, 0.717) is 0 Å². The van der Waals surface area contributed by atoms with Gasteiger partial charge in [-0.1, -0.05) is 0 Å². The SMILES string of the molecule is CC(O)C(NC(=O)C(N)CC(N)=O)C(=O)NC(CCC(=O)O)C(=O)NCC(=O)O. The molecule has 0 aliphatic rings. The minimum absolute atomic E-state index is 0.381. The van der Waals surface area contributed by atoms with Crippen LogP contribution in [-0.2, 0) is 28.8 Å². The number of aliphatic hydroxyl groups is 1. The predicted octanol–water partition coefficient (Wildman–Crippen LogP) is -4.39. The van der Waals surface area contributed by atoms with Gasteiger partial charge in [-0.15, -0.1) is 0 Å². The first-order chi connectivity index (χ1) is 13.3. The summed E-state index contributed by atoms with van der Waals surface area (Å²) in [5.74, 6) is -6.49. The van der Waals surface area contributed by atoms with Gasteiger partial charge < -0.3 is 42.7 Å². The Labute approximate surface area is 165 Å². The van der Waals surface area contributed by atoms with Crippen LogP contribution in [0.4, 0.5) is 0 Å². The molecular formula is C15H25N5O9. The third-order valence-electron chi connectivity index (χ3n) is 3.51. The number of aliphatic carboxylic acids is 2. The molecule has 4 atom stereocenters. The van der Waals surface area contributed by atoms with E-state index in [4.69, 9.17) is 21.7 Å². The van der Waals surface area contributed by atoms with Crippen LogP contribution >= 0.6 is 0 Å². The lowest BCUT2D eigenvalue weighted by Gasteiger charge is -2.25. The van der Waals surface area contributed by atoms with Crippen molar-refractivity contribution < 1.29 is 44.1 Å². The number of rotatable bonds is 13. The number of nitrogens with two attached hydrogens (primary N) is 2. The summed E-state index contributed by atoms with van der Waals surface area (Å²) >= 11 is 0. The Morgan fingerprint density at radius 3 is 1.97 bits per heavy atom. The van der Waals surface area contributed by atoms with E-state index in [1.54, 1.807) is 0 Å². The second-order valence-electron chi connectivity index (χ2n) is 6.11. The first-order valence-corrected chi connectivity index (χ1v) is 8.39. The minimum atomic E-state index is -1.60. The van der Waals surface area contributed by atoms with Crippen LogP contribution in [0.25, 0.3) is 0 Å². The zero-order valence-corrected chi connectivity index (χ0v) is 15.6. The number of primary amides is 1. The predicted molar refractivity (Wildman–Crippen MR) is 94.8 cm³/mol. The second-order valence-corrected chi connectivity index (χ2v) is 6.11. The molecule has 0 saturated carbocycles. The molecule has 0 aromatic rings. The Balaban J connectivity index is 5.22. The number of carbonyl (C=O) groups excluding carboxylic acids is 4. The van der Waals surface area contributed by atoms with Crippen molar-refractivity contribution in [3.63, 3.8) is 0 Å². The summed E-state index contributed by atoms with van der Waals surface area (Å²) in [6.45, 7) is 0.387. The van der Waals surface area contributed by atoms with Crippen molar-refractivity contribution in [3.8, 4) is 0 Å². The highest BCUT2D eigenvalue weighted by Gasteiger charge is 2.31.